The first-order valence-corrected chi connectivity index (χ1v) is 3.56. The minimum atomic E-state index is -0.819. The molecule has 0 saturated carbocycles. The summed E-state index contributed by atoms with van der Waals surface area (Å²) in [4.78, 5) is 20.0. The molecule has 0 amide bonds. The van der Waals surface area contributed by atoms with Crippen LogP contribution >= 0.6 is 12.4 Å². The van der Waals surface area contributed by atoms with Gasteiger partial charge in [-0.25, -0.2) is 0 Å². The van der Waals surface area contributed by atoms with Crippen molar-refractivity contribution in [3.05, 3.63) is 0 Å². The highest BCUT2D eigenvalue weighted by molar-refractivity contribution is 5.85. The molecule has 0 spiro atoms. The molecular weight excluding hydrogens is 184 g/mol. The molecule has 0 bridgehead atoms. The van der Waals surface area contributed by atoms with E-state index in [-0.39, 0.29) is 25.2 Å². The molecule has 0 atom stereocenters. The van der Waals surface area contributed by atoms with Crippen LogP contribution in [0, 0.1) is 0 Å². The molecule has 0 aliphatic heterocycles. The molecule has 0 saturated heterocycles. The van der Waals surface area contributed by atoms with Crippen molar-refractivity contribution in [1.29, 1.82) is 0 Å². The number of carbonyl (C=O) groups is 2. The average Bonchev–Trinajstić information content (AvgIpc) is 1.85. The number of unbranched alkanes of at least 4 members (excludes halogenated alkanes) is 2. The first kappa shape index (κ1) is 13.8. The summed E-state index contributed by atoms with van der Waals surface area (Å²) in [5.41, 5.74) is 0. The molecule has 5 heteroatoms. The number of hydrogen-bond acceptors (Lipinski definition) is 2. The summed E-state index contributed by atoms with van der Waals surface area (Å²) in [7, 11) is 0. The van der Waals surface area contributed by atoms with Crippen LogP contribution in [0.15, 0.2) is 0 Å². The van der Waals surface area contributed by atoms with E-state index in [1.807, 2.05) is 0 Å². The second-order valence-corrected chi connectivity index (χ2v) is 2.35. The molecule has 0 aromatic carbocycles. The van der Waals surface area contributed by atoms with Gasteiger partial charge in [-0.05, 0) is 12.8 Å². The maximum absolute atomic E-state index is 9.98. The second-order valence-electron chi connectivity index (χ2n) is 2.35. The van der Waals surface area contributed by atoms with E-state index in [0.29, 0.717) is 19.3 Å². The minimum absolute atomic E-state index is 0. The number of carboxylic acids is 2. The smallest absolute Gasteiger partial charge is 0.303 e. The van der Waals surface area contributed by atoms with Gasteiger partial charge in [0.1, 0.15) is 0 Å². The van der Waals surface area contributed by atoms with Gasteiger partial charge in [0.25, 0.3) is 0 Å². The van der Waals surface area contributed by atoms with E-state index < -0.39 is 11.9 Å². The highest BCUT2D eigenvalue weighted by Gasteiger charge is 1.98. The Balaban J connectivity index is 0. The molecule has 0 rings (SSSR count). The van der Waals surface area contributed by atoms with E-state index in [4.69, 9.17) is 10.2 Å². The Morgan fingerprint density at radius 3 is 1.42 bits per heavy atom. The zero-order chi connectivity index (χ0) is 8.69. The first-order chi connectivity index (χ1) is 5.13. The van der Waals surface area contributed by atoms with Crippen molar-refractivity contribution in [2.75, 3.05) is 0 Å². The van der Waals surface area contributed by atoms with Crippen molar-refractivity contribution in [2.24, 2.45) is 0 Å². The van der Waals surface area contributed by atoms with Crippen LogP contribution in [-0.2, 0) is 9.59 Å². The lowest BCUT2D eigenvalue weighted by Gasteiger charge is -1.94. The summed E-state index contributed by atoms with van der Waals surface area (Å²) in [6, 6.07) is 0. The standard InChI is InChI=1S/C7H12O4.ClH/c8-6(9)4-2-1-3-5-7(10)11;/h1-5H2,(H,8,9)(H,10,11);1H. The third-order valence-corrected chi connectivity index (χ3v) is 1.28. The molecule has 0 aromatic heterocycles. The van der Waals surface area contributed by atoms with Gasteiger partial charge in [-0.15, -0.1) is 12.4 Å². The summed E-state index contributed by atoms with van der Waals surface area (Å²) in [5.74, 6) is -1.64. The fourth-order valence-electron chi connectivity index (χ4n) is 0.729. The van der Waals surface area contributed by atoms with Gasteiger partial charge in [0, 0.05) is 12.8 Å². The number of rotatable bonds is 6. The Kier molecular flexibility index (Phi) is 9.57. The molecular formula is C7H13ClO4. The number of halogens is 1. The average molecular weight is 197 g/mol. The Labute approximate surface area is 77.0 Å². The summed E-state index contributed by atoms with van der Waals surface area (Å²) in [5, 5.41) is 16.4. The minimum Gasteiger partial charge on any atom is -0.481 e. The van der Waals surface area contributed by atoms with Crippen molar-refractivity contribution in [3.8, 4) is 0 Å². The lowest BCUT2D eigenvalue weighted by molar-refractivity contribution is -0.137. The summed E-state index contributed by atoms with van der Waals surface area (Å²) < 4.78 is 0. The number of hydrogen-bond donors (Lipinski definition) is 2. The molecule has 0 aliphatic carbocycles. The molecule has 12 heavy (non-hydrogen) atoms. The first-order valence-electron chi connectivity index (χ1n) is 3.56. The van der Waals surface area contributed by atoms with Crippen molar-refractivity contribution >= 4 is 24.3 Å². The van der Waals surface area contributed by atoms with Crippen LogP contribution in [0.2, 0.25) is 0 Å². The summed E-state index contributed by atoms with van der Waals surface area (Å²) >= 11 is 0. The van der Waals surface area contributed by atoms with Gasteiger partial charge >= 0.3 is 11.9 Å². The van der Waals surface area contributed by atoms with E-state index in [2.05, 4.69) is 0 Å². The van der Waals surface area contributed by atoms with E-state index in [0.717, 1.165) is 0 Å². The van der Waals surface area contributed by atoms with Gasteiger partial charge in [0.05, 0.1) is 0 Å². The highest BCUT2D eigenvalue weighted by atomic mass is 35.5. The van der Waals surface area contributed by atoms with Gasteiger partial charge < -0.3 is 10.2 Å². The zero-order valence-corrected chi connectivity index (χ0v) is 7.47. The Morgan fingerprint density at radius 2 is 1.17 bits per heavy atom. The predicted molar refractivity (Wildman–Crippen MR) is 45.6 cm³/mol. The molecule has 2 N–H and O–H groups in total. The van der Waals surface area contributed by atoms with Gasteiger partial charge in [0.15, 0.2) is 0 Å². The fraction of sp³-hybridized carbons (Fsp3) is 0.714. The molecule has 4 nitrogen and oxygen atoms in total. The van der Waals surface area contributed by atoms with Crippen molar-refractivity contribution in [1.82, 2.24) is 0 Å². The van der Waals surface area contributed by atoms with Gasteiger partial charge in [-0.1, -0.05) is 6.42 Å². The molecule has 0 fully saturated rings. The Hall–Kier alpha value is -0.770. The molecule has 72 valence electrons. The molecule has 0 unspecified atom stereocenters. The topological polar surface area (TPSA) is 74.6 Å². The van der Waals surface area contributed by atoms with Crippen LogP contribution in [-0.4, -0.2) is 22.2 Å². The SMILES string of the molecule is Cl.O=C(O)CCCCCC(=O)O. The van der Waals surface area contributed by atoms with Gasteiger partial charge in [-0.3, -0.25) is 9.59 Å². The van der Waals surface area contributed by atoms with Crippen LogP contribution in [0.3, 0.4) is 0 Å². The van der Waals surface area contributed by atoms with E-state index in [1.165, 1.54) is 0 Å². The Morgan fingerprint density at radius 1 is 0.833 bits per heavy atom. The maximum Gasteiger partial charge on any atom is 0.303 e. The number of aliphatic carboxylic acids is 2. The quantitative estimate of drug-likeness (QED) is 0.632. The molecule has 0 aliphatic rings. The van der Waals surface area contributed by atoms with Crippen LogP contribution < -0.4 is 0 Å². The van der Waals surface area contributed by atoms with E-state index in [1.54, 1.807) is 0 Å². The summed E-state index contributed by atoms with van der Waals surface area (Å²) in [6.07, 6.45) is 2.10. The van der Waals surface area contributed by atoms with Crippen molar-refractivity contribution < 1.29 is 19.8 Å². The normalized spacial score (nSPS) is 8.67. The Bertz CT molecular complexity index is 130. The van der Waals surface area contributed by atoms with Crippen LogP contribution in [0.4, 0.5) is 0 Å². The van der Waals surface area contributed by atoms with Crippen LogP contribution in [0.25, 0.3) is 0 Å². The maximum atomic E-state index is 9.98. The van der Waals surface area contributed by atoms with Gasteiger partial charge in [-0.2, -0.15) is 0 Å². The third-order valence-electron chi connectivity index (χ3n) is 1.28. The lowest BCUT2D eigenvalue weighted by Crippen LogP contribution is -1.96. The largest absolute Gasteiger partial charge is 0.481 e. The second kappa shape index (κ2) is 8.33. The monoisotopic (exact) mass is 196 g/mol. The summed E-state index contributed by atoms with van der Waals surface area (Å²) in [6.45, 7) is 0. The van der Waals surface area contributed by atoms with Crippen molar-refractivity contribution in [3.63, 3.8) is 0 Å². The van der Waals surface area contributed by atoms with Crippen molar-refractivity contribution in [2.45, 2.75) is 32.1 Å². The number of carboxylic acid groups (broad SMARTS) is 2. The van der Waals surface area contributed by atoms with Crippen LogP contribution in [0.5, 0.6) is 0 Å². The fourth-order valence-corrected chi connectivity index (χ4v) is 0.729. The van der Waals surface area contributed by atoms with Gasteiger partial charge in [0.2, 0.25) is 0 Å². The predicted octanol–water partition coefficient (Wildman–Crippen LogP) is 1.53. The lowest BCUT2D eigenvalue weighted by atomic mass is 10.1. The highest BCUT2D eigenvalue weighted by Crippen LogP contribution is 2.02. The molecule has 0 aromatic rings. The van der Waals surface area contributed by atoms with E-state index in [9.17, 15) is 9.59 Å². The zero-order valence-electron chi connectivity index (χ0n) is 6.65. The molecule has 0 heterocycles. The molecule has 0 radical (unpaired) electrons. The van der Waals surface area contributed by atoms with E-state index >= 15 is 0 Å². The van der Waals surface area contributed by atoms with Crippen LogP contribution in [0.1, 0.15) is 32.1 Å². The third kappa shape index (κ3) is 12.0.